The molecule has 1 aromatic heterocycles. The summed E-state index contributed by atoms with van der Waals surface area (Å²) in [7, 11) is 1.44. The number of hydrogen-bond donors (Lipinski definition) is 1. The molecule has 1 amide bonds. The van der Waals surface area contributed by atoms with Crippen LogP contribution in [0.4, 0.5) is 11.4 Å². The molecule has 32 heavy (non-hydrogen) atoms. The second kappa shape index (κ2) is 8.20. The average molecular weight is 455 g/mol. The molecular formula is C22H15ClN2O7. The van der Waals surface area contributed by atoms with Crippen molar-refractivity contribution in [3.8, 4) is 5.75 Å². The zero-order valence-corrected chi connectivity index (χ0v) is 17.3. The monoisotopic (exact) mass is 454 g/mol. The van der Waals surface area contributed by atoms with Gasteiger partial charge in [0.1, 0.15) is 23.3 Å². The molecule has 0 aliphatic carbocycles. The number of benzene rings is 2. The Kier molecular flexibility index (Phi) is 5.41. The summed E-state index contributed by atoms with van der Waals surface area (Å²) in [5.41, 5.74) is 0.0307. The van der Waals surface area contributed by atoms with E-state index in [1.165, 1.54) is 48.6 Å². The van der Waals surface area contributed by atoms with Gasteiger partial charge >= 0.3 is 0 Å². The molecule has 1 N–H and O–H groups in total. The SMILES string of the molecule is COc1ccc(N2C(=O)C(=O)/C(=C(\O)c3ccc([N+](=O)[O-])cc3)C2c2ccco2)cc1Cl. The predicted octanol–water partition coefficient (Wildman–Crippen LogP) is 4.48. The molecule has 1 atom stereocenters. The molecule has 2 aromatic carbocycles. The summed E-state index contributed by atoms with van der Waals surface area (Å²) in [5, 5.41) is 22.1. The minimum absolute atomic E-state index is 0.137. The van der Waals surface area contributed by atoms with Crippen molar-refractivity contribution in [2.24, 2.45) is 0 Å². The highest BCUT2D eigenvalue weighted by molar-refractivity contribution is 6.51. The first-order valence-corrected chi connectivity index (χ1v) is 9.64. The fourth-order valence-corrected chi connectivity index (χ4v) is 3.77. The van der Waals surface area contributed by atoms with Crippen molar-refractivity contribution in [3.63, 3.8) is 0 Å². The number of ether oxygens (including phenoxy) is 1. The Morgan fingerprint density at radius 1 is 1.19 bits per heavy atom. The molecule has 1 saturated heterocycles. The highest BCUT2D eigenvalue weighted by atomic mass is 35.5. The topological polar surface area (TPSA) is 123 Å². The summed E-state index contributed by atoms with van der Waals surface area (Å²) in [6.07, 6.45) is 1.38. The standard InChI is InChI=1S/C22H15ClN2O7/c1-31-16-9-8-14(11-15(16)23)24-19(17-3-2-10-32-17)18(21(27)22(24)28)20(26)12-4-6-13(7-5-12)25(29)30/h2-11,19,26H,1H3/b20-18-. The van der Waals surface area contributed by atoms with E-state index in [9.17, 15) is 24.8 Å². The first kappa shape index (κ1) is 21.1. The molecule has 0 saturated carbocycles. The Balaban J connectivity index is 1.88. The van der Waals surface area contributed by atoms with Crippen molar-refractivity contribution in [1.82, 2.24) is 0 Å². The van der Waals surface area contributed by atoms with Gasteiger partial charge < -0.3 is 14.3 Å². The third-order valence-corrected chi connectivity index (χ3v) is 5.32. The second-order valence-corrected chi connectivity index (χ2v) is 7.21. The molecule has 9 nitrogen and oxygen atoms in total. The van der Waals surface area contributed by atoms with E-state index in [0.717, 1.165) is 0 Å². The normalized spacial score (nSPS) is 17.6. The van der Waals surface area contributed by atoms with E-state index in [1.807, 2.05) is 0 Å². The number of aliphatic hydroxyl groups excluding tert-OH is 1. The molecule has 2 heterocycles. The van der Waals surface area contributed by atoms with E-state index < -0.39 is 28.4 Å². The van der Waals surface area contributed by atoms with Crippen molar-refractivity contribution >= 4 is 40.4 Å². The van der Waals surface area contributed by atoms with Crippen molar-refractivity contribution in [2.45, 2.75) is 6.04 Å². The lowest BCUT2D eigenvalue weighted by Gasteiger charge is -2.23. The smallest absolute Gasteiger partial charge is 0.300 e. The number of methoxy groups -OCH3 is 1. The van der Waals surface area contributed by atoms with Crippen molar-refractivity contribution in [3.05, 3.63) is 92.9 Å². The summed E-state index contributed by atoms with van der Waals surface area (Å²) < 4.78 is 10.6. The third kappa shape index (κ3) is 3.48. The van der Waals surface area contributed by atoms with Gasteiger partial charge in [0.05, 0.1) is 28.9 Å². The van der Waals surface area contributed by atoms with Crippen LogP contribution in [0.3, 0.4) is 0 Å². The number of carbonyl (C=O) groups is 2. The zero-order chi connectivity index (χ0) is 23.0. The predicted molar refractivity (Wildman–Crippen MR) is 115 cm³/mol. The Morgan fingerprint density at radius 2 is 1.91 bits per heavy atom. The summed E-state index contributed by atoms with van der Waals surface area (Å²) in [6, 6.07) is 11.6. The van der Waals surface area contributed by atoms with Crippen molar-refractivity contribution in [1.29, 1.82) is 0 Å². The summed E-state index contributed by atoms with van der Waals surface area (Å²) >= 11 is 6.21. The highest BCUT2D eigenvalue weighted by Crippen LogP contribution is 2.43. The van der Waals surface area contributed by atoms with Gasteiger partial charge in [0.25, 0.3) is 17.4 Å². The summed E-state index contributed by atoms with van der Waals surface area (Å²) in [5.74, 6) is -1.70. The van der Waals surface area contributed by atoms with Gasteiger partial charge in [-0.25, -0.2) is 0 Å². The molecule has 162 valence electrons. The molecule has 0 bridgehead atoms. The van der Waals surface area contributed by atoms with E-state index >= 15 is 0 Å². The lowest BCUT2D eigenvalue weighted by molar-refractivity contribution is -0.384. The first-order valence-electron chi connectivity index (χ1n) is 9.26. The van der Waals surface area contributed by atoms with Gasteiger partial charge in [-0.3, -0.25) is 24.6 Å². The third-order valence-electron chi connectivity index (χ3n) is 5.02. The zero-order valence-electron chi connectivity index (χ0n) is 16.5. The van der Waals surface area contributed by atoms with Crippen LogP contribution in [-0.4, -0.2) is 28.8 Å². The molecular weight excluding hydrogens is 440 g/mol. The number of halogens is 1. The highest BCUT2D eigenvalue weighted by Gasteiger charge is 2.48. The van der Waals surface area contributed by atoms with E-state index in [4.69, 9.17) is 20.8 Å². The number of nitro groups is 1. The molecule has 1 aliphatic rings. The number of anilines is 1. The summed E-state index contributed by atoms with van der Waals surface area (Å²) in [4.78, 5) is 37.5. The largest absolute Gasteiger partial charge is 0.507 e. The number of hydrogen-bond acceptors (Lipinski definition) is 7. The fraction of sp³-hybridized carbons (Fsp3) is 0.0909. The van der Waals surface area contributed by atoms with Gasteiger partial charge in [0, 0.05) is 23.4 Å². The van der Waals surface area contributed by atoms with E-state index in [-0.39, 0.29) is 27.6 Å². The van der Waals surface area contributed by atoms with Gasteiger partial charge in [0.2, 0.25) is 0 Å². The second-order valence-electron chi connectivity index (χ2n) is 6.81. The molecule has 4 rings (SSSR count). The van der Waals surface area contributed by atoms with Gasteiger partial charge in [-0.1, -0.05) is 11.6 Å². The van der Waals surface area contributed by atoms with Crippen LogP contribution in [-0.2, 0) is 9.59 Å². The first-order chi connectivity index (χ1) is 15.3. The van der Waals surface area contributed by atoms with Crippen LogP contribution in [0.25, 0.3) is 5.76 Å². The van der Waals surface area contributed by atoms with Crippen molar-refractivity contribution in [2.75, 3.05) is 12.0 Å². The van der Waals surface area contributed by atoms with Crippen LogP contribution in [0, 0.1) is 10.1 Å². The van der Waals surface area contributed by atoms with E-state index in [1.54, 1.807) is 24.3 Å². The Hall–Kier alpha value is -4.11. The van der Waals surface area contributed by atoms with Crippen LogP contribution in [0.1, 0.15) is 17.4 Å². The number of aliphatic hydroxyl groups is 1. The number of furan rings is 1. The number of nitro benzene ring substituents is 1. The van der Waals surface area contributed by atoms with E-state index in [2.05, 4.69) is 0 Å². The Morgan fingerprint density at radius 3 is 2.47 bits per heavy atom. The van der Waals surface area contributed by atoms with Gasteiger partial charge in [-0.2, -0.15) is 0 Å². The van der Waals surface area contributed by atoms with Gasteiger partial charge in [-0.15, -0.1) is 0 Å². The molecule has 0 radical (unpaired) electrons. The van der Waals surface area contributed by atoms with Crippen molar-refractivity contribution < 1.29 is 28.8 Å². The van der Waals surface area contributed by atoms with Crippen LogP contribution in [0.15, 0.2) is 70.9 Å². The minimum atomic E-state index is -1.08. The number of Topliss-reactive ketones (excluding diaryl/α,β-unsaturated/α-hetero) is 1. The molecule has 1 fully saturated rings. The van der Waals surface area contributed by atoms with E-state index in [0.29, 0.717) is 11.4 Å². The number of ketones is 1. The number of rotatable bonds is 5. The van der Waals surface area contributed by atoms with Crippen LogP contribution < -0.4 is 9.64 Å². The van der Waals surface area contributed by atoms with Gasteiger partial charge in [0.15, 0.2) is 0 Å². The fourth-order valence-electron chi connectivity index (χ4n) is 3.52. The lowest BCUT2D eigenvalue weighted by Crippen LogP contribution is -2.29. The molecule has 1 aliphatic heterocycles. The number of carbonyl (C=O) groups excluding carboxylic acids is 2. The molecule has 1 unspecified atom stereocenters. The number of amides is 1. The molecule has 0 spiro atoms. The van der Waals surface area contributed by atoms with Crippen LogP contribution >= 0.6 is 11.6 Å². The Labute approximate surface area is 186 Å². The average Bonchev–Trinajstić information content (AvgIpc) is 3.40. The maximum absolute atomic E-state index is 13.0. The minimum Gasteiger partial charge on any atom is -0.507 e. The Bertz CT molecular complexity index is 1250. The quantitative estimate of drug-likeness (QED) is 0.198. The van der Waals surface area contributed by atoms with Crippen LogP contribution in [0.5, 0.6) is 5.75 Å². The molecule has 10 heteroatoms. The maximum atomic E-state index is 13.0. The molecule has 3 aromatic rings. The lowest BCUT2D eigenvalue weighted by atomic mass is 9.99. The number of non-ortho nitro benzene ring substituents is 1. The maximum Gasteiger partial charge on any atom is 0.300 e. The number of nitrogens with zero attached hydrogens (tertiary/aromatic N) is 2. The van der Waals surface area contributed by atoms with Gasteiger partial charge in [-0.05, 0) is 42.5 Å². The van der Waals surface area contributed by atoms with Crippen LogP contribution in [0.2, 0.25) is 5.02 Å². The summed E-state index contributed by atoms with van der Waals surface area (Å²) in [6.45, 7) is 0.